The first-order valence-electron chi connectivity index (χ1n) is 5.34. The highest BCUT2D eigenvalue weighted by molar-refractivity contribution is 5.95. The summed E-state index contributed by atoms with van der Waals surface area (Å²) in [5.41, 5.74) is 0.703. The topological polar surface area (TPSA) is 87.4 Å². The van der Waals surface area contributed by atoms with Gasteiger partial charge in [0.1, 0.15) is 12.2 Å². The number of benzene rings is 1. The summed E-state index contributed by atoms with van der Waals surface area (Å²) in [6, 6.07) is 8.42. The highest BCUT2D eigenvalue weighted by Gasteiger charge is 2.18. The summed E-state index contributed by atoms with van der Waals surface area (Å²) in [5.74, 6) is -1.07. The number of nitriles is 1. The van der Waals surface area contributed by atoms with E-state index in [2.05, 4.69) is 4.74 Å². The van der Waals surface area contributed by atoms with E-state index in [-0.39, 0.29) is 12.8 Å². The van der Waals surface area contributed by atoms with Gasteiger partial charge >= 0.3 is 5.97 Å². The summed E-state index contributed by atoms with van der Waals surface area (Å²) in [6.07, 6.45) is -1.67. The van der Waals surface area contributed by atoms with E-state index in [0.717, 1.165) is 0 Å². The number of hydrogen-bond acceptors (Lipinski definition) is 5. The normalized spacial score (nSPS) is 11.4. The molecule has 0 aliphatic rings. The summed E-state index contributed by atoms with van der Waals surface area (Å²) in [4.78, 5) is 22.3. The van der Waals surface area contributed by atoms with E-state index >= 15 is 0 Å². The number of methoxy groups -OCH3 is 1. The summed E-state index contributed by atoms with van der Waals surface area (Å²) in [6.45, 7) is 0. The molecule has 0 saturated carbocycles. The Kier molecular flexibility index (Phi) is 5.03. The van der Waals surface area contributed by atoms with Gasteiger partial charge in [-0.2, -0.15) is 5.26 Å². The van der Waals surface area contributed by atoms with Crippen molar-refractivity contribution >= 4 is 11.8 Å². The zero-order valence-corrected chi connectivity index (χ0v) is 9.92. The molecule has 1 N–H and O–H groups in total. The molecule has 0 radical (unpaired) electrons. The minimum atomic E-state index is -1.09. The van der Waals surface area contributed by atoms with Crippen molar-refractivity contribution in [1.29, 1.82) is 5.26 Å². The first-order chi connectivity index (χ1) is 8.58. The molecule has 0 aromatic heterocycles. The third-order valence-corrected chi connectivity index (χ3v) is 2.43. The van der Waals surface area contributed by atoms with Gasteiger partial charge in [-0.3, -0.25) is 9.59 Å². The number of hydrogen-bond donors (Lipinski definition) is 1. The van der Waals surface area contributed by atoms with Gasteiger partial charge in [-0.1, -0.05) is 18.2 Å². The van der Waals surface area contributed by atoms with Gasteiger partial charge < -0.3 is 9.84 Å². The fourth-order valence-corrected chi connectivity index (χ4v) is 1.52. The van der Waals surface area contributed by atoms with Crippen LogP contribution in [-0.2, 0) is 14.3 Å². The average molecular weight is 247 g/mol. The van der Waals surface area contributed by atoms with Gasteiger partial charge in [0.15, 0.2) is 0 Å². The molecule has 1 atom stereocenters. The first kappa shape index (κ1) is 13.9. The molecule has 0 heterocycles. The second-order valence-corrected chi connectivity index (χ2v) is 3.71. The lowest BCUT2D eigenvalue weighted by Crippen LogP contribution is -2.13. The zero-order chi connectivity index (χ0) is 13.5. The van der Waals surface area contributed by atoms with Gasteiger partial charge in [0.05, 0.1) is 24.8 Å². The molecule has 0 spiro atoms. The maximum Gasteiger partial charge on any atom is 0.313 e. The Bertz CT molecular complexity index is 490. The summed E-state index contributed by atoms with van der Waals surface area (Å²) in [5, 5.41) is 18.7. The fourth-order valence-electron chi connectivity index (χ4n) is 1.52. The molecule has 0 bridgehead atoms. The van der Waals surface area contributed by atoms with Crippen molar-refractivity contribution in [2.75, 3.05) is 7.11 Å². The van der Waals surface area contributed by atoms with Crippen molar-refractivity contribution in [1.82, 2.24) is 0 Å². The van der Waals surface area contributed by atoms with Gasteiger partial charge in [0, 0.05) is 6.42 Å². The number of aliphatic hydroxyl groups is 1. The van der Waals surface area contributed by atoms with Gasteiger partial charge in [0.2, 0.25) is 0 Å². The predicted molar refractivity (Wildman–Crippen MR) is 62.4 cm³/mol. The number of rotatable bonds is 5. The first-order valence-corrected chi connectivity index (χ1v) is 5.34. The smallest absolute Gasteiger partial charge is 0.313 e. The number of carbonyl (C=O) groups is 2. The monoisotopic (exact) mass is 247 g/mol. The Hall–Kier alpha value is -2.19. The van der Waals surface area contributed by atoms with Crippen LogP contribution in [0.1, 0.15) is 30.1 Å². The zero-order valence-electron chi connectivity index (χ0n) is 9.92. The number of esters is 1. The van der Waals surface area contributed by atoms with Gasteiger partial charge in [-0.05, 0) is 11.6 Å². The van der Waals surface area contributed by atoms with Crippen LogP contribution >= 0.6 is 0 Å². The van der Waals surface area contributed by atoms with E-state index in [1.165, 1.54) is 7.11 Å². The van der Waals surface area contributed by atoms with Crippen molar-refractivity contribution in [2.24, 2.45) is 0 Å². The molecule has 18 heavy (non-hydrogen) atoms. The highest BCUT2D eigenvalue weighted by Crippen LogP contribution is 2.21. The third kappa shape index (κ3) is 3.68. The minimum Gasteiger partial charge on any atom is -0.469 e. The van der Waals surface area contributed by atoms with Crippen molar-refractivity contribution in [3.8, 4) is 6.07 Å². The van der Waals surface area contributed by atoms with Crippen LogP contribution in [0.5, 0.6) is 0 Å². The molecule has 0 fully saturated rings. The lowest BCUT2D eigenvalue weighted by Gasteiger charge is -2.11. The molecule has 1 aromatic rings. The molecule has 0 amide bonds. The molecule has 0 aliphatic heterocycles. The Balaban J connectivity index is 2.71. The lowest BCUT2D eigenvalue weighted by molar-refractivity contribution is -0.143. The van der Waals surface area contributed by atoms with Crippen molar-refractivity contribution < 1.29 is 19.4 Å². The molecule has 0 saturated heterocycles. The summed E-state index contributed by atoms with van der Waals surface area (Å²) < 4.78 is 4.36. The van der Waals surface area contributed by atoms with Crippen LogP contribution < -0.4 is 0 Å². The van der Waals surface area contributed by atoms with Crippen LogP contribution in [0.15, 0.2) is 24.3 Å². The quantitative estimate of drug-likeness (QED) is 0.622. The van der Waals surface area contributed by atoms with Crippen LogP contribution in [0.3, 0.4) is 0 Å². The highest BCUT2D eigenvalue weighted by atomic mass is 16.5. The van der Waals surface area contributed by atoms with E-state index in [1.54, 1.807) is 24.3 Å². The number of carbonyl (C=O) groups excluding carboxylic acids is 2. The predicted octanol–water partition coefficient (Wildman–Crippen LogP) is 1.11. The number of Topliss-reactive ketones (excluding diaryl/α,β-unsaturated/α-hetero) is 1. The summed E-state index contributed by atoms with van der Waals surface area (Å²) >= 11 is 0. The van der Waals surface area contributed by atoms with Crippen LogP contribution in [0.4, 0.5) is 0 Å². The van der Waals surface area contributed by atoms with Crippen molar-refractivity contribution in [2.45, 2.75) is 18.9 Å². The maximum atomic E-state index is 11.5. The molecule has 5 nitrogen and oxygen atoms in total. The lowest BCUT2D eigenvalue weighted by atomic mass is 9.98. The third-order valence-electron chi connectivity index (χ3n) is 2.43. The Morgan fingerprint density at radius 1 is 1.44 bits per heavy atom. The van der Waals surface area contributed by atoms with Gasteiger partial charge in [-0.15, -0.1) is 0 Å². The Labute approximate surface area is 105 Å². The van der Waals surface area contributed by atoms with Crippen molar-refractivity contribution in [3.05, 3.63) is 35.4 Å². The van der Waals surface area contributed by atoms with Gasteiger partial charge in [0.25, 0.3) is 0 Å². The van der Waals surface area contributed by atoms with Crippen LogP contribution in [0.25, 0.3) is 0 Å². The Morgan fingerprint density at radius 2 is 2.11 bits per heavy atom. The SMILES string of the molecule is COC(=O)CC(=O)C[C@H](O)c1ccccc1C#N. The van der Waals surface area contributed by atoms with Gasteiger partial charge in [-0.25, -0.2) is 0 Å². The van der Waals surface area contributed by atoms with E-state index in [1.807, 2.05) is 6.07 Å². The number of ether oxygens (including phenoxy) is 1. The minimum absolute atomic E-state index is 0.214. The molecular formula is C13H13NO4. The van der Waals surface area contributed by atoms with E-state index in [0.29, 0.717) is 11.1 Å². The summed E-state index contributed by atoms with van der Waals surface area (Å²) in [7, 11) is 1.19. The van der Waals surface area contributed by atoms with E-state index in [9.17, 15) is 14.7 Å². The fraction of sp³-hybridized carbons (Fsp3) is 0.308. The second kappa shape index (κ2) is 6.52. The molecule has 5 heteroatoms. The maximum absolute atomic E-state index is 11.5. The van der Waals surface area contributed by atoms with Crippen molar-refractivity contribution in [3.63, 3.8) is 0 Å². The number of aliphatic hydroxyl groups excluding tert-OH is 1. The van der Waals surface area contributed by atoms with E-state index < -0.39 is 17.9 Å². The molecular weight excluding hydrogens is 234 g/mol. The largest absolute Gasteiger partial charge is 0.469 e. The molecule has 1 aromatic carbocycles. The Morgan fingerprint density at radius 3 is 2.72 bits per heavy atom. The molecule has 0 aliphatic carbocycles. The molecule has 94 valence electrons. The van der Waals surface area contributed by atoms with Crippen LogP contribution in [-0.4, -0.2) is 24.0 Å². The van der Waals surface area contributed by atoms with Crippen LogP contribution in [0, 0.1) is 11.3 Å². The number of nitrogens with zero attached hydrogens (tertiary/aromatic N) is 1. The standard InChI is InChI=1S/C13H13NO4/c1-18-13(17)7-10(15)6-12(16)11-5-3-2-4-9(11)8-14/h2-5,12,16H,6-7H2,1H3/t12-/m0/s1. The number of ketones is 1. The van der Waals surface area contributed by atoms with E-state index in [4.69, 9.17) is 5.26 Å². The average Bonchev–Trinajstić information content (AvgIpc) is 2.38. The van der Waals surface area contributed by atoms with Crippen LogP contribution in [0.2, 0.25) is 0 Å². The molecule has 0 unspecified atom stereocenters. The molecule has 1 rings (SSSR count). The second-order valence-electron chi connectivity index (χ2n) is 3.71.